The van der Waals surface area contributed by atoms with Crippen molar-refractivity contribution in [1.29, 1.82) is 0 Å². The Hall–Kier alpha value is -1.73. The number of carbonyl (C=O) groups excluding carboxylic acids is 3. The topological polar surface area (TPSA) is 84.5 Å². The van der Waals surface area contributed by atoms with Crippen LogP contribution in [0.15, 0.2) is 10.8 Å². The fourth-order valence-electron chi connectivity index (χ4n) is 2.09. The number of hydrogen-bond acceptors (Lipinski definition) is 6. The molecule has 0 radical (unpaired) electrons. The van der Waals surface area contributed by atoms with E-state index >= 15 is 0 Å². The van der Waals surface area contributed by atoms with Gasteiger partial charge < -0.3 is 10.1 Å². The predicted molar refractivity (Wildman–Crippen MR) is 82.5 cm³/mol. The molecule has 0 bridgehead atoms. The Labute approximate surface area is 133 Å². The zero-order valence-corrected chi connectivity index (χ0v) is 13.7. The maximum Gasteiger partial charge on any atom is 0.339 e. The molecule has 1 atom stereocenters. The summed E-state index contributed by atoms with van der Waals surface area (Å²) in [5.74, 6) is -0.924. The van der Waals surface area contributed by atoms with Gasteiger partial charge in [0.05, 0.1) is 11.6 Å². The second kappa shape index (κ2) is 6.58. The average molecular weight is 324 g/mol. The smallest absolute Gasteiger partial charge is 0.339 e. The highest BCUT2D eigenvalue weighted by Gasteiger charge is 2.27. The Kier molecular flexibility index (Phi) is 4.97. The molecule has 0 saturated carbocycles. The van der Waals surface area contributed by atoms with Gasteiger partial charge in [-0.2, -0.15) is 11.3 Å². The van der Waals surface area contributed by atoms with E-state index < -0.39 is 11.6 Å². The summed E-state index contributed by atoms with van der Waals surface area (Å²) in [7, 11) is 0. The van der Waals surface area contributed by atoms with Gasteiger partial charge in [-0.05, 0) is 38.1 Å². The monoisotopic (exact) mass is 324 g/mol. The first-order chi connectivity index (χ1) is 10.3. The van der Waals surface area contributed by atoms with Crippen molar-refractivity contribution in [2.24, 2.45) is 0 Å². The fourth-order valence-corrected chi connectivity index (χ4v) is 2.92. The molecule has 6 nitrogen and oxygen atoms in total. The largest absolute Gasteiger partial charge is 0.456 e. The van der Waals surface area contributed by atoms with E-state index in [1.165, 1.54) is 11.3 Å². The summed E-state index contributed by atoms with van der Waals surface area (Å²) in [5, 5.41) is 8.99. The summed E-state index contributed by atoms with van der Waals surface area (Å²) >= 11 is 1.41. The molecule has 2 N–H and O–H groups in total. The van der Waals surface area contributed by atoms with Gasteiger partial charge in [0.15, 0.2) is 0 Å². The summed E-state index contributed by atoms with van der Waals surface area (Å²) in [6, 6.07) is -0.413. The molecule has 1 aliphatic rings. The van der Waals surface area contributed by atoms with E-state index in [4.69, 9.17) is 4.74 Å². The maximum absolute atomic E-state index is 12.1. The second-order valence-electron chi connectivity index (χ2n) is 6.20. The summed E-state index contributed by atoms with van der Waals surface area (Å²) in [4.78, 5) is 34.9. The van der Waals surface area contributed by atoms with Crippen molar-refractivity contribution in [3.05, 3.63) is 21.9 Å². The van der Waals surface area contributed by atoms with E-state index in [0.29, 0.717) is 24.9 Å². The van der Waals surface area contributed by atoms with Crippen molar-refractivity contribution in [1.82, 2.24) is 10.6 Å². The lowest BCUT2D eigenvalue weighted by Crippen LogP contribution is -2.50. The van der Waals surface area contributed by atoms with Crippen LogP contribution in [0.1, 0.15) is 49.5 Å². The van der Waals surface area contributed by atoms with Crippen LogP contribution in [-0.4, -0.2) is 29.4 Å². The first-order valence-corrected chi connectivity index (χ1v) is 8.06. The van der Waals surface area contributed by atoms with Crippen LogP contribution in [0, 0.1) is 0 Å². The van der Waals surface area contributed by atoms with Crippen LogP contribution in [-0.2, 0) is 20.9 Å². The average Bonchev–Trinajstić information content (AvgIpc) is 2.84. The van der Waals surface area contributed by atoms with Crippen LogP contribution in [0.3, 0.4) is 0 Å². The van der Waals surface area contributed by atoms with Crippen LogP contribution in [0.5, 0.6) is 0 Å². The molecular weight excluding hydrogens is 304 g/mol. The zero-order valence-electron chi connectivity index (χ0n) is 12.9. The van der Waals surface area contributed by atoms with Gasteiger partial charge in [-0.15, -0.1) is 0 Å². The first-order valence-electron chi connectivity index (χ1n) is 7.12. The van der Waals surface area contributed by atoms with Gasteiger partial charge in [-0.25, -0.2) is 4.79 Å². The molecule has 1 saturated heterocycles. The Balaban J connectivity index is 1.97. The standard InChI is InChI=1S/C15H20N2O4S/c1-15(2,3)21-14(20)10-8-22-7-9(10)6-16-11-4-5-12(18)17-13(11)19/h7-8,11,16H,4-6H2,1-3H3,(H,17,18,19). The van der Waals surface area contributed by atoms with Crippen molar-refractivity contribution in [3.63, 3.8) is 0 Å². The number of hydrogen-bond donors (Lipinski definition) is 2. The lowest BCUT2D eigenvalue weighted by atomic mass is 10.1. The van der Waals surface area contributed by atoms with E-state index in [0.717, 1.165) is 5.56 Å². The summed E-state index contributed by atoms with van der Waals surface area (Å²) in [6.45, 7) is 5.83. The summed E-state index contributed by atoms with van der Waals surface area (Å²) in [5.41, 5.74) is 0.761. The highest BCUT2D eigenvalue weighted by Crippen LogP contribution is 2.20. The van der Waals surface area contributed by atoms with E-state index in [1.807, 2.05) is 26.2 Å². The number of imide groups is 1. The van der Waals surface area contributed by atoms with E-state index in [9.17, 15) is 14.4 Å². The van der Waals surface area contributed by atoms with E-state index in [1.54, 1.807) is 5.38 Å². The van der Waals surface area contributed by atoms with Crippen molar-refractivity contribution in [2.45, 2.75) is 51.8 Å². The highest BCUT2D eigenvalue weighted by atomic mass is 32.1. The number of piperidine rings is 1. The molecule has 1 fully saturated rings. The van der Waals surface area contributed by atoms with Crippen molar-refractivity contribution in [2.75, 3.05) is 0 Å². The number of nitrogens with one attached hydrogen (secondary N) is 2. The van der Waals surface area contributed by atoms with E-state index in [2.05, 4.69) is 10.6 Å². The number of thiophene rings is 1. The number of ether oxygens (including phenoxy) is 1. The van der Waals surface area contributed by atoms with Crippen LogP contribution >= 0.6 is 11.3 Å². The van der Waals surface area contributed by atoms with Crippen LogP contribution < -0.4 is 10.6 Å². The molecule has 1 aromatic rings. The number of carbonyl (C=O) groups is 3. The Bertz CT molecular complexity index is 589. The molecule has 2 rings (SSSR count). The predicted octanol–water partition coefficient (Wildman–Crippen LogP) is 1.60. The van der Waals surface area contributed by atoms with Gasteiger partial charge in [-0.1, -0.05) is 0 Å². The van der Waals surface area contributed by atoms with Crippen molar-refractivity contribution in [3.8, 4) is 0 Å². The highest BCUT2D eigenvalue weighted by molar-refractivity contribution is 7.08. The van der Waals surface area contributed by atoms with Gasteiger partial charge in [0.2, 0.25) is 11.8 Å². The van der Waals surface area contributed by atoms with Crippen molar-refractivity contribution < 1.29 is 19.1 Å². The molecule has 0 aromatic carbocycles. The molecule has 2 heterocycles. The van der Waals surface area contributed by atoms with Crippen LogP contribution in [0.25, 0.3) is 0 Å². The van der Waals surface area contributed by atoms with Crippen LogP contribution in [0.4, 0.5) is 0 Å². The van der Waals surface area contributed by atoms with Gasteiger partial charge >= 0.3 is 5.97 Å². The van der Waals surface area contributed by atoms with E-state index in [-0.39, 0.29) is 17.8 Å². The fraction of sp³-hybridized carbons (Fsp3) is 0.533. The molecule has 0 aliphatic carbocycles. The third kappa shape index (κ3) is 4.38. The quantitative estimate of drug-likeness (QED) is 0.649. The third-order valence-corrected chi connectivity index (χ3v) is 3.93. The normalized spacial score (nSPS) is 19.0. The SMILES string of the molecule is CC(C)(C)OC(=O)c1cscc1CNC1CCC(=O)NC1=O. The second-order valence-corrected chi connectivity index (χ2v) is 6.94. The van der Waals surface area contributed by atoms with Gasteiger partial charge in [-0.3, -0.25) is 14.9 Å². The molecule has 1 aromatic heterocycles. The molecule has 120 valence electrons. The van der Waals surface area contributed by atoms with Crippen LogP contribution in [0.2, 0.25) is 0 Å². The molecule has 22 heavy (non-hydrogen) atoms. The molecular formula is C15H20N2O4S. The number of amides is 2. The van der Waals surface area contributed by atoms with Gasteiger partial charge in [0.1, 0.15) is 5.60 Å². The molecule has 0 spiro atoms. The van der Waals surface area contributed by atoms with Gasteiger partial charge in [0.25, 0.3) is 0 Å². The lowest BCUT2D eigenvalue weighted by Gasteiger charge is -2.22. The minimum Gasteiger partial charge on any atom is -0.456 e. The molecule has 1 aliphatic heterocycles. The Morgan fingerprint density at radius 2 is 2.14 bits per heavy atom. The number of rotatable bonds is 4. The molecule has 1 unspecified atom stereocenters. The maximum atomic E-state index is 12.1. The molecule has 2 amide bonds. The Morgan fingerprint density at radius 1 is 1.41 bits per heavy atom. The third-order valence-electron chi connectivity index (χ3n) is 3.14. The minimum absolute atomic E-state index is 0.243. The lowest BCUT2D eigenvalue weighted by molar-refractivity contribution is -0.134. The van der Waals surface area contributed by atoms with Gasteiger partial charge in [0, 0.05) is 18.3 Å². The zero-order chi connectivity index (χ0) is 16.3. The van der Waals surface area contributed by atoms with Crippen molar-refractivity contribution >= 4 is 29.1 Å². The summed E-state index contributed by atoms with van der Waals surface area (Å²) < 4.78 is 5.37. The molecule has 7 heteroatoms. The summed E-state index contributed by atoms with van der Waals surface area (Å²) in [6.07, 6.45) is 0.794. The number of esters is 1. The first kappa shape index (κ1) is 16.6. The Morgan fingerprint density at radius 3 is 2.77 bits per heavy atom. The minimum atomic E-state index is -0.548.